The molecule has 0 bridgehead atoms. The number of nitrogen functional groups attached to an aromatic ring is 1. The first-order chi connectivity index (χ1) is 9.66. The van der Waals surface area contributed by atoms with Crippen molar-refractivity contribution in [1.29, 1.82) is 0 Å². The van der Waals surface area contributed by atoms with E-state index in [1.807, 2.05) is 18.2 Å². The van der Waals surface area contributed by atoms with Gasteiger partial charge in [0, 0.05) is 16.3 Å². The van der Waals surface area contributed by atoms with E-state index in [-0.39, 0.29) is 5.56 Å². The zero-order chi connectivity index (χ0) is 14.1. The van der Waals surface area contributed by atoms with Gasteiger partial charge in [-0.2, -0.15) is 0 Å². The number of anilines is 1. The van der Waals surface area contributed by atoms with Gasteiger partial charge in [0.15, 0.2) is 0 Å². The van der Waals surface area contributed by atoms with Crippen LogP contribution < -0.4 is 11.3 Å². The lowest BCUT2D eigenvalue weighted by Gasteiger charge is -2.10. The van der Waals surface area contributed by atoms with Crippen molar-refractivity contribution in [2.75, 3.05) is 5.73 Å². The number of para-hydroxylation sites is 1. The minimum atomic E-state index is -0.102. The van der Waals surface area contributed by atoms with E-state index >= 15 is 0 Å². The summed E-state index contributed by atoms with van der Waals surface area (Å²) in [4.78, 5) is 16.7. The lowest BCUT2D eigenvalue weighted by Crippen LogP contribution is -2.21. The number of benzene rings is 2. The molecule has 0 aliphatic rings. The third-order valence-electron chi connectivity index (χ3n) is 3.22. The molecule has 3 aromatic rings. The van der Waals surface area contributed by atoms with Crippen LogP contribution in [0.15, 0.2) is 53.6 Å². The minimum Gasteiger partial charge on any atom is -0.398 e. The zero-order valence-electron chi connectivity index (χ0n) is 10.6. The molecule has 3 rings (SSSR count). The highest BCUT2D eigenvalue weighted by Crippen LogP contribution is 2.22. The number of hydrogen-bond donors (Lipinski definition) is 1. The molecule has 100 valence electrons. The average Bonchev–Trinajstić information content (AvgIpc) is 2.45. The second-order valence-electron chi connectivity index (χ2n) is 4.50. The van der Waals surface area contributed by atoms with E-state index in [0.717, 1.165) is 5.56 Å². The van der Waals surface area contributed by atoms with Gasteiger partial charge in [-0.15, -0.1) is 0 Å². The average molecular weight is 286 g/mol. The number of nitrogens with zero attached hydrogens (tertiary/aromatic N) is 2. The Balaban J connectivity index is 2.12. The summed E-state index contributed by atoms with van der Waals surface area (Å²) in [5.74, 6) is 0. The first kappa shape index (κ1) is 12.7. The van der Waals surface area contributed by atoms with Crippen molar-refractivity contribution in [2.45, 2.75) is 6.54 Å². The molecule has 20 heavy (non-hydrogen) atoms. The molecule has 0 amide bonds. The topological polar surface area (TPSA) is 60.9 Å². The number of hydrogen-bond acceptors (Lipinski definition) is 3. The predicted octanol–water partition coefficient (Wildman–Crippen LogP) is 2.68. The normalized spacial score (nSPS) is 10.8. The number of rotatable bonds is 2. The lowest BCUT2D eigenvalue weighted by atomic mass is 10.1. The molecule has 0 spiro atoms. The van der Waals surface area contributed by atoms with Gasteiger partial charge in [0.05, 0.1) is 23.8 Å². The van der Waals surface area contributed by atoms with Crippen molar-refractivity contribution in [3.05, 3.63) is 69.7 Å². The number of fused-ring (bicyclic) bond motifs is 1. The maximum absolute atomic E-state index is 12.4. The van der Waals surface area contributed by atoms with Gasteiger partial charge in [0.25, 0.3) is 5.56 Å². The highest BCUT2D eigenvalue weighted by atomic mass is 35.5. The van der Waals surface area contributed by atoms with E-state index in [1.54, 1.807) is 24.3 Å². The zero-order valence-corrected chi connectivity index (χ0v) is 11.3. The minimum absolute atomic E-state index is 0.102. The van der Waals surface area contributed by atoms with Gasteiger partial charge in [-0.3, -0.25) is 9.36 Å². The molecule has 4 nitrogen and oxygen atoms in total. The summed E-state index contributed by atoms with van der Waals surface area (Å²) in [7, 11) is 0. The van der Waals surface area contributed by atoms with Crippen LogP contribution in [0.1, 0.15) is 5.56 Å². The fourth-order valence-electron chi connectivity index (χ4n) is 2.13. The molecule has 0 atom stereocenters. The maximum atomic E-state index is 12.4. The van der Waals surface area contributed by atoms with Crippen LogP contribution in [-0.4, -0.2) is 9.55 Å². The van der Waals surface area contributed by atoms with Crippen LogP contribution in [0.3, 0.4) is 0 Å². The molecule has 0 fully saturated rings. The van der Waals surface area contributed by atoms with Crippen LogP contribution in [0.5, 0.6) is 0 Å². The molecule has 0 aliphatic heterocycles. The molecular formula is C15H12ClN3O. The Morgan fingerprint density at radius 3 is 2.75 bits per heavy atom. The molecule has 0 saturated heterocycles. The Morgan fingerprint density at radius 1 is 1.15 bits per heavy atom. The lowest BCUT2D eigenvalue weighted by molar-refractivity contribution is 0.750. The number of nitrogens with two attached hydrogens (primary N) is 1. The van der Waals surface area contributed by atoms with Gasteiger partial charge >= 0.3 is 0 Å². The van der Waals surface area contributed by atoms with E-state index in [9.17, 15) is 4.79 Å². The van der Waals surface area contributed by atoms with E-state index < -0.39 is 0 Å². The Morgan fingerprint density at radius 2 is 1.95 bits per heavy atom. The van der Waals surface area contributed by atoms with E-state index in [0.29, 0.717) is 28.2 Å². The molecule has 0 saturated carbocycles. The van der Waals surface area contributed by atoms with Crippen molar-refractivity contribution in [3.8, 4) is 0 Å². The van der Waals surface area contributed by atoms with Crippen LogP contribution in [0.25, 0.3) is 10.9 Å². The Labute approximate surface area is 120 Å². The summed E-state index contributed by atoms with van der Waals surface area (Å²) in [5.41, 5.74) is 7.79. The van der Waals surface area contributed by atoms with Gasteiger partial charge in [-0.25, -0.2) is 4.98 Å². The van der Waals surface area contributed by atoms with Crippen LogP contribution in [0.4, 0.5) is 5.69 Å². The smallest absolute Gasteiger partial charge is 0.261 e. The Bertz CT molecular complexity index is 822. The number of aromatic nitrogens is 2. The van der Waals surface area contributed by atoms with Crippen LogP contribution >= 0.6 is 11.6 Å². The molecule has 0 aliphatic carbocycles. The SMILES string of the molecule is Nc1cccc(Cl)c1Cn1cnc2ccccc2c1=O. The first-order valence-electron chi connectivity index (χ1n) is 6.14. The number of halogens is 1. The van der Waals surface area contributed by atoms with E-state index in [2.05, 4.69) is 4.98 Å². The Hall–Kier alpha value is -2.33. The molecular weight excluding hydrogens is 274 g/mol. The van der Waals surface area contributed by atoms with Crippen molar-refractivity contribution in [3.63, 3.8) is 0 Å². The second-order valence-corrected chi connectivity index (χ2v) is 4.91. The third kappa shape index (κ3) is 2.14. The predicted molar refractivity (Wildman–Crippen MR) is 81.0 cm³/mol. The van der Waals surface area contributed by atoms with Crippen molar-refractivity contribution >= 4 is 28.2 Å². The summed E-state index contributed by atoms with van der Waals surface area (Å²) in [6.07, 6.45) is 1.52. The molecule has 5 heteroatoms. The summed E-state index contributed by atoms with van der Waals surface area (Å²) >= 11 is 6.13. The molecule has 0 unspecified atom stereocenters. The van der Waals surface area contributed by atoms with Gasteiger partial charge in [0.2, 0.25) is 0 Å². The van der Waals surface area contributed by atoms with Crippen molar-refractivity contribution < 1.29 is 0 Å². The summed E-state index contributed by atoms with van der Waals surface area (Å²) in [6.45, 7) is 0.308. The van der Waals surface area contributed by atoms with Crippen LogP contribution in [0, 0.1) is 0 Å². The van der Waals surface area contributed by atoms with Gasteiger partial charge < -0.3 is 5.73 Å². The quantitative estimate of drug-likeness (QED) is 0.737. The van der Waals surface area contributed by atoms with Gasteiger partial charge in [0.1, 0.15) is 0 Å². The molecule has 2 aromatic carbocycles. The molecule has 1 aromatic heterocycles. The standard InChI is InChI=1S/C15H12ClN3O/c16-12-5-3-6-13(17)11(12)8-19-9-18-14-7-2-1-4-10(14)15(19)20/h1-7,9H,8,17H2. The second kappa shape index (κ2) is 4.98. The fraction of sp³-hybridized carbons (Fsp3) is 0.0667. The molecule has 2 N–H and O–H groups in total. The monoisotopic (exact) mass is 285 g/mol. The highest BCUT2D eigenvalue weighted by Gasteiger charge is 2.08. The third-order valence-corrected chi connectivity index (χ3v) is 3.57. The maximum Gasteiger partial charge on any atom is 0.261 e. The van der Waals surface area contributed by atoms with Crippen LogP contribution in [0.2, 0.25) is 5.02 Å². The van der Waals surface area contributed by atoms with Crippen molar-refractivity contribution in [1.82, 2.24) is 9.55 Å². The van der Waals surface area contributed by atoms with Gasteiger partial charge in [-0.1, -0.05) is 29.8 Å². The molecule has 1 heterocycles. The van der Waals surface area contributed by atoms with E-state index in [4.69, 9.17) is 17.3 Å². The van der Waals surface area contributed by atoms with E-state index in [1.165, 1.54) is 10.9 Å². The van der Waals surface area contributed by atoms with Gasteiger partial charge in [-0.05, 0) is 24.3 Å². The molecule has 0 radical (unpaired) electrons. The fourth-order valence-corrected chi connectivity index (χ4v) is 2.37. The highest BCUT2D eigenvalue weighted by molar-refractivity contribution is 6.31. The largest absolute Gasteiger partial charge is 0.398 e. The summed E-state index contributed by atoms with van der Waals surface area (Å²) < 4.78 is 1.51. The first-order valence-corrected chi connectivity index (χ1v) is 6.51. The summed E-state index contributed by atoms with van der Waals surface area (Å²) in [6, 6.07) is 12.5. The Kier molecular flexibility index (Phi) is 3.16. The van der Waals surface area contributed by atoms with Crippen molar-refractivity contribution in [2.24, 2.45) is 0 Å². The summed E-state index contributed by atoms with van der Waals surface area (Å²) in [5, 5.41) is 1.13. The van der Waals surface area contributed by atoms with Crippen LogP contribution in [-0.2, 0) is 6.54 Å².